The third kappa shape index (κ3) is 1.99. The van der Waals surface area contributed by atoms with Gasteiger partial charge in [-0.05, 0) is 6.07 Å². The van der Waals surface area contributed by atoms with E-state index >= 15 is 0 Å². The molecular weight excluding hydrogens is 240 g/mol. The highest BCUT2D eigenvalue weighted by atomic mass is 79.9. The molecule has 0 spiro atoms. The summed E-state index contributed by atoms with van der Waals surface area (Å²) in [6.45, 7) is 0. The van der Waals surface area contributed by atoms with Gasteiger partial charge in [-0.15, -0.1) is 0 Å². The molecule has 0 saturated carbocycles. The summed E-state index contributed by atoms with van der Waals surface area (Å²) in [7, 11) is 0. The fraction of sp³-hybridized carbons (Fsp3) is 0.0909. The van der Waals surface area contributed by atoms with Crippen LogP contribution in [0.15, 0.2) is 42.6 Å². The molecule has 2 nitrogen and oxygen atoms in total. The molecule has 1 aromatic carbocycles. The highest BCUT2D eigenvalue weighted by Gasteiger charge is 1.99. The fourth-order valence-electron chi connectivity index (χ4n) is 1.23. The second-order valence-corrected chi connectivity index (χ2v) is 3.42. The Hall–Kier alpha value is -1.22. The Morgan fingerprint density at radius 2 is 1.86 bits per heavy atom. The van der Waals surface area contributed by atoms with E-state index in [1.54, 1.807) is 6.20 Å². The molecule has 2 aromatic rings. The van der Waals surface area contributed by atoms with Crippen LogP contribution in [0.3, 0.4) is 0 Å². The molecule has 0 atom stereocenters. The minimum atomic E-state index is 0.688. The van der Waals surface area contributed by atoms with Crippen LogP contribution in [-0.4, -0.2) is 9.97 Å². The molecule has 2 rings (SSSR count). The summed E-state index contributed by atoms with van der Waals surface area (Å²) in [6.07, 6.45) is 1.78. The summed E-state index contributed by atoms with van der Waals surface area (Å²) < 4.78 is 0. The quantitative estimate of drug-likeness (QED) is 0.764. The van der Waals surface area contributed by atoms with Gasteiger partial charge in [0.05, 0.1) is 11.0 Å². The zero-order chi connectivity index (χ0) is 9.80. The minimum Gasteiger partial charge on any atom is -0.240 e. The molecule has 0 aliphatic heterocycles. The number of halogens is 1. The highest BCUT2D eigenvalue weighted by Crippen LogP contribution is 2.15. The van der Waals surface area contributed by atoms with Crippen molar-refractivity contribution >= 4 is 15.9 Å². The van der Waals surface area contributed by atoms with Crippen molar-refractivity contribution in [2.45, 2.75) is 5.33 Å². The molecule has 0 amide bonds. The normalized spacial score (nSPS) is 10.1. The maximum absolute atomic E-state index is 4.40. The average molecular weight is 249 g/mol. The number of hydrogen-bond acceptors (Lipinski definition) is 2. The smallest absolute Gasteiger partial charge is 0.139 e. The van der Waals surface area contributed by atoms with Crippen molar-refractivity contribution in [1.29, 1.82) is 0 Å². The first-order valence-corrected chi connectivity index (χ1v) is 5.45. The fourth-order valence-corrected chi connectivity index (χ4v) is 1.50. The summed E-state index contributed by atoms with van der Waals surface area (Å²) in [4.78, 5) is 8.53. The first-order valence-electron chi connectivity index (χ1n) is 4.33. The summed E-state index contributed by atoms with van der Waals surface area (Å²) in [5.74, 6) is 0.811. The van der Waals surface area contributed by atoms with Crippen LogP contribution in [0.25, 0.3) is 11.3 Å². The topological polar surface area (TPSA) is 25.8 Å². The molecule has 0 fully saturated rings. The van der Waals surface area contributed by atoms with Crippen molar-refractivity contribution < 1.29 is 0 Å². The van der Waals surface area contributed by atoms with Crippen LogP contribution in [0.5, 0.6) is 0 Å². The van der Waals surface area contributed by atoms with Gasteiger partial charge in [0, 0.05) is 11.8 Å². The lowest BCUT2D eigenvalue weighted by Gasteiger charge is -2.00. The molecular formula is C11H9BrN2. The van der Waals surface area contributed by atoms with Gasteiger partial charge in [-0.3, -0.25) is 0 Å². The van der Waals surface area contributed by atoms with Gasteiger partial charge >= 0.3 is 0 Å². The Kier molecular flexibility index (Phi) is 2.89. The van der Waals surface area contributed by atoms with Gasteiger partial charge in [0.1, 0.15) is 5.82 Å². The average Bonchev–Trinajstić information content (AvgIpc) is 2.30. The Balaban J connectivity index is 2.42. The van der Waals surface area contributed by atoms with E-state index in [0.717, 1.165) is 17.1 Å². The number of alkyl halides is 1. The monoisotopic (exact) mass is 248 g/mol. The Morgan fingerprint density at radius 1 is 1.07 bits per heavy atom. The van der Waals surface area contributed by atoms with Crippen molar-refractivity contribution in [3.05, 3.63) is 48.4 Å². The number of aromatic nitrogens is 2. The predicted octanol–water partition coefficient (Wildman–Crippen LogP) is 3.04. The molecule has 3 heteroatoms. The largest absolute Gasteiger partial charge is 0.240 e. The van der Waals surface area contributed by atoms with Crippen molar-refractivity contribution in [3.63, 3.8) is 0 Å². The van der Waals surface area contributed by atoms with Crippen molar-refractivity contribution in [3.8, 4) is 11.3 Å². The molecule has 0 unspecified atom stereocenters. The minimum absolute atomic E-state index is 0.688. The maximum atomic E-state index is 4.40. The summed E-state index contributed by atoms with van der Waals surface area (Å²) in [5, 5.41) is 0.688. The first kappa shape index (κ1) is 9.34. The van der Waals surface area contributed by atoms with E-state index in [-0.39, 0.29) is 0 Å². The number of nitrogens with zero attached hydrogens (tertiary/aromatic N) is 2. The van der Waals surface area contributed by atoms with E-state index < -0.39 is 0 Å². The van der Waals surface area contributed by atoms with Crippen LogP contribution in [0, 0.1) is 0 Å². The number of hydrogen-bond donors (Lipinski definition) is 0. The molecule has 1 heterocycles. The molecule has 1 aromatic heterocycles. The van der Waals surface area contributed by atoms with Crippen molar-refractivity contribution in [2.75, 3.05) is 0 Å². The molecule has 0 N–H and O–H groups in total. The van der Waals surface area contributed by atoms with E-state index in [0.29, 0.717) is 5.33 Å². The molecule has 0 radical (unpaired) electrons. The standard InChI is InChI=1S/C11H9BrN2/c12-8-11-13-7-6-10(14-11)9-4-2-1-3-5-9/h1-7H,8H2. The lowest BCUT2D eigenvalue weighted by molar-refractivity contribution is 1.05. The Bertz CT molecular complexity index is 415. The lowest BCUT2D eigenvalue weighted by atomic mass is 10.1. The number of benzene rings is 1. The van der Waals surface area contributed by atoms with E-state index in [2.05, 4.69) is 25.9 Å². The van der Waals surface area contributed by atoms with Crippen LogP contribution in [0.1, 0.15) is 5.82 Å². The van der Waals surface area contributed by atoms with E-state index in [1.165, 1.54) is 0 Å². The third-order valence-corrected chi connectivity index (χ3v) is 2.40. The predicted molar refractivity (Wildman–Crippen MR) is 60.1 cm³/mol. The van der Waals surface area contributed by atoms with Gasteiger partial charge < -0.3 is 0 Å². The van der Waals surface area contributed by atoms with Gasteiger partial charge in [0.25, 0.3) is 0 Å². The van der Waals surface area contributed by atoms with Crippen molar-refractivity contribution in [2.24, 2.45) is 0 Å². The zero-order valence-electron chi connectivity index (χ0n) is 7.52. The second kappa shape index (κ2) is 4.33. The van der Waals surface area contributed by atoms with Gasteiger partial charge in [0.2, 0.25) is 0 Å². The van der Waals surface area contributed by atoms with Crippen LogP contribution in [0.2, 0.25) is 0 Å². The zero-order valence-corrected chi connectivity index (χ0v) is 9.11. The van der Waals surface area contributed by atoms with Crippen LogP contribution < -0.4 is 0 Å². The van der Waals surface area contributed by atoms with Gasteiger partial charge in [0.15, 0.2) is 0 Å². The van der Waals surface area contributed by atoms with Crippen LogP contribution >= 0.6 is 15.9 Å². The van der Waals surface area contributed by atoms with Gasteiger partial charge in [-0.1, -0.05) is 46.3 Å². The summed E-state index contributed by atoms with van der Waals surface area (Å²) in [5.41, 5.74) is 2.09. The molecule has 0 aliphatic rings. The second-order valence-electron chi connectivity index (χ2n) is 2.86. The van der Waals surface area contributed by atoms with E-state index in [9.17, 15) is 0 Å². The van der Waals surface area contributed by atoms with E-state index in [4.69, 9.17) is 0 Å². The molecule has 0 bridgehead atoms. The number of rotatable bonds is 2. The molecule has 70 valence electrons. The summed E-state index contributed by atoms with van der Waals surface area (Å²) >= 11 is 3.34. The lowest BCUT2D eigenvalue weighted by Crippen LogP contribution is -1.92. The first-order chi connectivity index (χ1) is 6.90. The van der Waals surface area contributed by atoms with Crippen LogP contribution in [0.4, 0.5) is 0 Å². The Morgan fingerprint density at radius 3 is 2.57 bits per heavy atom. The third-order valence-electron chi connectivity index (χ3n) is 1.89. The van der Waals surface area contributed by atoms with E-state index in [1.807, 2.05) is 36.4 Å². The van der Waals surface area contributed by atoms with Crippen LogP contribution in [-0.2, 0) is 5.33 Å². The van der Waals surface area contributed by atoms with Crippen molar-refractivity contribution in [1.82, 2.24) is 9.97 Å². The highest BCUT2D eigenvalue weighted by molar-refractivity contribution is 9.08. The van der Waals surface area contributed by atoms with Gasteiger partial charge in [-0.25, -0.2) is 9.97 Å². The Labute approximate surface area is 91.2 Å². The molecule has 0 aliphatic carbocycles. The van der Waals surface area contributed by atoms with Gasteiger partial charge in [-0.2, -0.15) is 0 Å². The maximum Gasteiger partial charge on any atom is 0.139 e. The summed E-state index contributed by atoms with van der Waals surface area (Å²) in [6, 6.07) is 12.0. The molecule has 0 saturated heterocycles. The SMILES string of the molecule is BrCc1nccc(-c2ccccc2)n1. The molecule has 14 heavy (non-hydrogen) atoms.